The number of aromatic nitrogens is 3. The van der Waals surface area contributed by atoms with Gasteiger partial charge in [-0.1, -0.05) is 33.8 Å². The Labute approximate surface area is 171 Å². The number of pyridine rings is 1. The molecule has 2 heterocycles. The van der Waals surface area contributed by atoms with E-state index in [1.54, 1.807) is 22.5 Å². The van der Waals surface area contributed by atoms with Crippen molar-refractivity contribution in [2.45, 2.75) is 37.2 Å². The Hall–Kier alpha value is -1.70. The van der Waals surface area contributed by atoms with E-state index in [1.165, 1.54) is 0 Å². The van der Waals surface area contributed by atoms with Gasteiger partial charge in [-0.25, -0.2) is 4.98 Å². The summed E-state index contributed by atoms with van der Waals surface area (Å²) in [6.45, 7) is 5.96. The number of ether oxygens (including phenoxy) is 1. The molecule has 0 fully saturated rings. The van der Waals surface area contributed by atoms with Crippen molar-refractivity contribution >= 4 is 38.6 Å². The average Bonchev–Trinajstić information content (AvgIpc) is 2.68. The molecule has 27 heavy (non-hydrogen) atoms. The molecule has 0 N–H and O–H groups in total. The van der Waals surface area contributed by atoms with Crippen LogP contribution in [0.25, 0.3) is 10.9 Å². The summed E-state index contributed by atoms with van der Waals surface area (Å²) in [4.78, 5) is 22.1. The fourth-order valence-corrected chi connectivity index (χ4v) is 4.18. The molecule has 5 nitrogen and oxygen atoms in total. The van der Waals surface area contributed by atoms with Gasteiger partial charge in [0.15, 0.2) is 5.16 Å². The second kappa shape index (κ2) is 9.48. The lowest BCUT2D eigenvalue weighted by Gasteiger charge is -2.16. The van der Waals surface area contributed by atoms with E-state index in [9.17, 15) is 4.79 Å². The van der Waals surface area contributed by atoms with Gasteiger partial charge in [0.25, 0.3) is 5.56 Å². The lowest BCUT2D eigenvalue weighted by atomic mass is 10.2. The second-order valence-corrected chi connectivity index (χ2v) is 8.33. The van der Waals surface area contributed by atoms with Gasteiger partial charge in [-0.05, 0) is 50.1 Å². The number of halogens is 1. The minimum absolute atomic E-state index is 0.0151. The first-order valence-electron chi connectivity index (χ1n) is 8.94. The highest BCUT2D eigenvalue weighted by Gasteiger charge is 2.16. The summed E-state index contributed by atoms with van der Waals surface area (Å²) < 4.78 is 8.08. The van der Waals surface area contributed by atoms with Crippen molar-refractivity contribution in [1.29, 1.82) is 0 Å². The fraction of sp³-hybridized carbons (Fsp3) is 0.350. The first-order chi connectivity index (χ1) is 13.1. The maximum atomic E-state index is 13.1. The monoisotopic (exact) mass is 447 g/mol. The zero-order valence-corrected chi connectivity index (χ0v) is 17.8. The minimum atomic E-state index is -0.0151. The van der Waals surface area contributed by atoms with Crippen molar-refractivity contribution in [3.63, 3.8) is 0 Å². The highest BCUT2D eigenvalue weighted by molar-refractivity contribution is 9.10. The molecule has 0 spiro atoms. The van der Waals surface area contributed by atoms with Gasteiger partial charge in [0.2, 0.25) is 0 Å². The van der Waals surface area contributed by atoms with Gasteiger partial charge in [0.05, 0.1) is 10.9 Å². The largest absolute Gasteiger partial charge is 0.382 e. The Morgan fingerprint density at radius 2 is 2.19 bits per heavy atom. The van der Waals surface area contributed by atoms with Crippen LogP contribution < -0.4 is 5.56 Å². The molecule has 142 valence electrons. The molecule has 1 aromatic carbocycles. The summed E-state index contributed by atoms with van der Waals surface area (Å²) in [6.07, 6.45) is 4.38. The number of rotatable bonds is 8. The molecule has 0 amide bonds. The molecule has 3 aromatic rings. The maximum absolute atomic E-state index is 13.1. The van der Waals surface area contributed by atoms with Gasteiger partial charge < -0.3 is 4.74 Å². The number of hydrogen-bond donors (Lipinski definition) is 0. The molecule has 0 aliphatic rings. The smallest absolute Gasteiger partial charge is 0.262 e. The first kappa shape index (κ1) is 20.0. The molecule has 1 atom stereocenters. The van der Waals surface area contributed by atoms with Crippen molar-refractivity contribution in [1.82, 2.24) is 14.5 Å². The van der Waals surface area contributed by atoms with Crippen molar-refractivity contribution in [3.8, 4) is 0 Å². The van der Waals surface area contributed by atoms with Gasteiger partial charge >= 0.3 is 0 Å². The van der Waals surface area contributed by atoms with Crippen LogP contribution in [-0.4, -0.2) is 27.7 Å². The summed E-state index contributed by atoms with van der Waals surface area (Å²) in [7, 11) is 0. The highest BCUT2D eigenvalue weighted by Crippen LogP contribution is 2.33. The number of nitrogens with zero attached hydrogens (tertiary/aromatic N) is 3. The number of fused-ring (bicyclic) bond motifs is 1. The van der Waals surface area contributed by atoms with E-state index in [0.29, 0.717) is 30.7 Å². The Balaban J connectivity index is 1.98. The minimum Gasteiger partial charge on any atom is -0.382 e. The third-order valence-corrected chi connectivity index (χ3v) is 5.83. The van der Waals surface area contributed by atoms with Crippen LogP contribution in [0.4, 0.5) is 0 Å². The van der Waals surface area contributed by atoms with Crippen LogP contribution in [0.15, 0.2) is 57.1 Å². The molecular weight excluding hydrogens is 426 g/mol. The van der Waals surface area contributed by atoms with Crippen LogP contribution in [0, 0.1) is 0 Å². The Morgan fingerprint density at radius 3 is 2.93 bits per heavy atom. The third kappa shape index (κ3) is 4.97. The molecule has 1 unspecified atom stereocenters. The Bertz CT molecular complexity index is 963. The van der Waals surface area contributed by atoms with E-state index in [1.807, 2.05) is 43.5 Å². The van der Waals surface area contributed by atoms with Crippen LogP contribution in [-0.2, 0) is 11.3 Å². The van der Waals surface area contributed by atoms with Crippen molar-refractivity contribution < 1.29 is 4.74 Å². The van der Waals surface area contributed by atoms with Gasteiger partial charge in [0, 0.05) is 41.9 Å². The topological polar surface area (TPSA) is 57.0 Å². The average molecular weight is 448 g/mol. The predicted octanol–water partition coefficient (Wildman–Crippen LogP) is 4.83. The molecule has 0 radical (unpaired) electrons. The highest BCUT2D eigenvalue weighted by atomic mass is 79.9. The van der Waals surface area contributed by atoms with Gasteiger partial charge in [-0.2, -0.15) is 0 Å². The van der Waals surface area contributed by atoms with E-state index in [-0.39, 0.29) is 10.8 Å². The lowest BCUT2D eigenvalue weighted by Crippen LogP contribution is -2.24. The molecule has 0 saturated heterocycles. The quantitative estimate of drug-likeness (QED) is 0.281. The number of thioether (sulfide) groups is 1. The van der Waals surface area contributed by atoms with Gasteiger partial charge in [-0.15, -0.1) is 0 Å². The van der Waals surface area contributed by atoms with Crippen molar-refractivity contribution in [2.24, 2.45) is 0 Å². The predicted molar refractivity (Wildman–Crippen MR) is 113 cm³/mol. The molecule has 0 aliphatic heterocycles. The standard InChI is InChI=1S/C20H22BrN3O2S/c1-3-26-11-5-10-24-19(25)17-12-16(21)7-8-18(17)23-20(24)27-14(2)15-6-4-9-22-13-15/h4,6-9,12-14H,3,5,10-11H2,1-2H3. The van der Waals surface area contributed by atoms with E-state index in [4.69, 9.17) is 9.72 Å². The third-order valence-electron chi connectivity index (χ3n) is 4.19. The SMILES string of the molecule is CCOCCCn1c(SC(C)c2cccnc2)nc2ccc(Br)cc2c1=O. The summed E-state index contributed by atoms with van der Waals surface area (Å²) in [6, 6.07) is 9.59. The molecule has 0 saturated carbocycles. The first-order valence-corrected chi connectivity index (χ1v) is 10.6. The number of hydrogen-bond acceptors (Lipinski definition) is 5. The van der Waals surface area contributed by atoms with Crippen LogP contribution in [0.5, 0.6) is 0 Å². The molecule has 0 aliphatic carbocycles. The molecule has 3 rings (SSSR count). The molecular formula is C20H22BrN3O2S. The van der Waals surface area contributed by atoms with Crippen LogP contribution in [0.1, 0.15) is 31.1 Å². The summed E-state index contributed by atoms with van der Waals surface area (Å²) >= 11 is 5.03. The molecule has 7 heteroatoms. The van der Waals surface area contributed by atoms with Gasteiger partial charge in [-0.3, -0.25) is 14.3 Å². The zero-order valence-electron chi connectivity index (χ0n) is 15.4. The van der Waals surface area contributed by atoms with E-state index >= 15 is 0 Å². The summed E-state index contributed by atoms with van der Waals surface area (Å²) in [5.41, 5.74) is 1.80. The second-order valence-electron chi connectivity index (χ2n) is 6.11. The van der Waals surface area contributed by atoms with E-state index < -0.39 is 0 Å². The van der Waals surface area contributed by atoms with Gasteiger partial charge in [0.1, 0.15) is 0 Å². The van der Waals surface area contributed by atoms with Crippen LogP contribution in [0.2, 0.25) is 0 Å². The lowest BCUT2D eigenvalue weighted by molar-refractivity contribution is 0.140. The normalized spacial score (nSPS) is 12.4. The molecule has 2 aromatic heterocycles. The maximum Gasteiger partial charge on any atom is 0.262 e. The van der Waals surface area contributed by atoms with E-state index in [2.05, 4.69) is 27.8 Å². The van der Waals surface area contributed by atoms with Crippen molar-refractivity contribution in [2.75, 3.05) is 13.2 Å². The number of benzene rings is 1. The van der Waals surface area contributed by atoms with Crippen molar-refractivity contribution in [3.05, 3.63) is 63.1 Å². The molecule has 0 bridgehead atoms. The Kier molecular flexibility index (Phi) is 7.04. The summed E-state index contributed by atoms with van der Waals surface area (Å²) in [5.74, 6) is 0. The summed E-state index contributed by atoms with van der Waals surface area (Å²) in [5, 5.41) is 1.48. The van der Waals surface area contributed by atoms with Crippen LogP contribution in [0.3, 0.4) is 0 Å². The van der Waals surface area contributed by atoms with E-state index in [0.717, 1.165) is 21.6 Å². The fourth-order valence-electron chi connectivity index (χ4n) is 2.77. The zero-order chi connectivity index (χ0) is 19.2. The Morgan fingerprint density at radius 1 is 1.33 bits per heavy atom. The van der Waals surface area contributed by atoms with Crippen LogP contribution >= 0.6 is 27.7 Å².